The fourth-order valence-electron chi connectivity index (χ4n) is 1.61. The number of hydrogen-bond acceptors (Lipinski definition) is 2. The minimum Gasteiger partial charge on any atom is -0.366 e. The minimum atomic E-state index is 0.787. The first kappa shape index (κ1) is 8.73. The molecular formula is C11H15NO. The third kappa shape index (κ3) is 2.54. The van der Waals surface area contributed by atoms with E-state index in [1.807, 2.05) is 0 Å². The second kappa shape index (κ2) is 4.40. The Kier molecular flexibility index (Phi) is 2.95. The molecule has 0 aromatic heterocycles. The molecule has 1 aromatic rings. The van der Waals surface area contributed by atoms with Crippen LogP contribution in [-0.4, -0.2) is 24.8 Å². The van der Waals surface area contributed by atoms with Crippen molar-refractivity contribution in [3.8, 4) is 0 Å². The van der Waals surface area contributed by atoms with Crippen molar-refractivity contribution in [1.82, 2.24) is 4.90 Å². The Balaban J connectivity index is 1.90. The summed E-state index contributed by atoms with van der Waals surface area (Å²) in [7, 11) is 0. The molecule has 2 nitrogen and oxygen atoms in total. The molecule has 1 aliphatic heterocycles. The number of benzene rings is 1. The van der Waals surface area contributed by atoms with E-state index in [1.165, 1.54) is 5.56 Å². The molecule has 1 aliphatic rings. The van der Waals surface area contributed by atoms with Crippen LogP contribution in [0.1, 0.15) is 12.0 Å². The van der Waals surface area contributed by atoms with Crippen LogP contribution in [0.25, 0.3) is 0 Å². The van der Waals surface area contributed by atoms with E-state index < -0.39 is 0 Å². The molecule has 0 N–H and O–H groups in total. The topological polar surface area (TPSA) is 12.5 Å². The van der Waals surface area contributed by atoms with Gasteiger partial charge in [0.2, 0.25) is 0 Å². The van der Waals surface area contributed by atoms with Crippen LogP contribution in [0, 0.1) is 0 Å². The van der Waals surface area contributed by atoms with Gasteiger partial charge in [0, 0.05) is 19.7 Å². The van der Waals surface area contributed by atoms with Crippen molar-refractivity contribution in [1.29, 1.82) is 0 Å². The minimum absolute atomic E-state index is 0.787. The summed E-state index contributed by atoms with van der Waals surface area (Å²) in [5, 5.41) is 0. The first-order chi connectivity index (χ1) is 6.45. The van der Waals surface area contributed by atoms with Crippen LogP contribution in [0.5, 0.6) is 0 Å². The van der Waals surface area contributed by atoms with Gasteiger partial charge in [0.05, 0.1) is 6.73 Å². The summed E-state index contributed by atoms with van der Waals surface area (Å²) in [6, 6.07) is 10.5. The summed E-state index contributed by atoms with van der Waals surface area (Å²) >= 11 is 0. The quantitative estimate of drug-likeness (QED) is 0.683. The van der Waals surface area contributed by atoms with Crippen molar-refractivity contribution >= 4 is 0 Å². The summed E-state index contributed by atoms with van der Waals surface area (Å²) in [5.74, 6) is 0. The summed E-state index contributed by atoms with van der Waals surface area (Å²) in [6.45, 7) is 3.88. The number of hydrogen-bond donors (Lipinski definition) is 0. The summed E-state index contributed by atoms with van der Waals surface area (Å²) in [4.78, 5) is 2.33. The van der Waals surface area contributed by atoms with Gasteiger partial charge in [-0.05, 0) is 12.0 Å². The van der Waals surface area contributed by atoms with Gasteiger partial charge in [0.25, 0.3) is 0 Å². The largest absolute Gasteiger partial charge is 0.366 e. The van der Waals surface area contributed by atoms with Crippen molar-refractivity contribution in [2.24, 2.45) is 0 Å². The van der Waals surface area contributed by atoms with Crippen LogP contribution in [0.3, 0.4) is 0 Å². The normalized spacial score (nSPS) is 18.8. The molecule has 70 valence electrons. The van der Waals surface area contributed by atoms with Crippen LogP contribution in [0.4, 0.5) is 0 Å². The van der Waals surface area contributed by atoms with E-state index in [-0.39, 0.29) is 0 Å². The molecule has 0 saturated carbocycles. The monoisotopic (exact) mass is 177 g/mol. The lowest BCUT2D eigenvalue weighted by Crippen LogP contribution is -2.32. The zero-order chi connectivity index (χ0) is 8.93. The predicted octanol–water partition coefficient (Wildman–Crippen LogP) is 1.87. The number of nitrogens with zero attached hydrogens (tertiary/aromatic N) is 1. The van der Waals surface area contributed by atoms with Gasteiger partial charge in [-0.2, -0.15) is 0 Å². The van der Waals surface area contributed by atoms with E-state index in [0.717, 1.165) is 32.8 Å². The van der Waals surface area contributed by atoms with Crippen molar-refractivity contribution in [3.63, 3.8) is 0 Å². The Bertz CT molecular complexity index is 242. The molecule has 0 amide bonds. The highest BCUT2D eigenvalue weighted by molar-refractivity contribution is 5.14. The van der Waals surface area contributed by atoms with Crippen LogP contribution < -0.4 is 0 Å². The molecule has 2 heteroatoms. The van der Waals surface area contributed by atoms with Crippen molar-refractivity contribution in [2.45, 2.75) is 13.0 Å². The SMILES string of the molecule is c1ccc(CN2CCCOC2)cc1. The van der Waals surface area contributed by atoms with Gasteiger partial charge in [-0.25, -0.2) is 0 Å². The van der Waals surface area contributed by atoms with Gasteiger partial charge in [-0.15, -0.1) is 0 Å². The molecule has 1 aromatic carbocycles. The first-order valence-corrected chi connectivity index (χ1v) is 4.79. The number of ether oxygens (including phenoxy) is 1. The van der Waals surface area contributed by atoms with Crippen molar-refractivity contribution < 1.29 is 4.74 Å². The van der Waals surface area contributed by atoms with E-state index in [0.29, 0.717) is 0 Å². The zero-order valence-corrected chi connectivity index (χ0v) is 7.78. The average Bonchev–Trinajstić information content (AvgIpc) is 2.21. The maximum Gasteiger partial charge on any atom is 0.0993 e. The predicted molar refractivity (Wildman–Crippen MR) is 52.3 cm³/mol. The maximum absolute atomic E-state index is 5.38. The van der Waals surface area contributed by atoms with E-state index in [2.05, 4.69) is 35.2 Å². The maximum atomic E-state index is 5.38. The smallest absolute Gasteiger partial charge is 0.0993 e. The fourth-order valence-corrected chi connectivity index (χ4v) is 1.61. The summed E-state index contributed by atoms with van der Waals surface area (Å²) in [5.41, 5.74) is 1.37. The molecule has 1 fully saturated rings. The van der Waals surface area contributed by atoms with Crippen LogP contribution in [0.2, 0.25) is 0 Å². The molecule has 0 radical (unpaired) electrons. The highest BCUT2D eigenvalue weighted by Crippen LogP contribution is 2.07. The van der Waals surface area contributed by atoms with Gasteiger partial charge in [-0.3, -0.25) is 4.90 Å². The van der Waals surface area contributed by atoms with Crippen molar-refractivity contribution in [2.75, 3.05) is 19.9 Å². The van der Waals surface area contributed by atoms with Gasteiger partial charge >= 0.3 is 0 Å². The van der Waals surface area contributed by atoms with E-state index in [1.54, 1.807) is 0 Å². The lowest BCUT2D eigenvalue weighted by atomic mass is 10.2. The van der Waals surface area contributed by atoms with Gasteiger partial charge in [0.1, 0.15) is 0 Å². The molecule has 0 aliphatic carbocycles. The third-order valence-corrected chi connectivity index (χ3v) is 2.29. The molecule has 0 bridgehead atoms. The van der Waals surface area contributed by atoms with Gasteiger partial charge in [0.15, 0.2) is 0 Å². The second-order valence-corrected chi connectivity index (χ2v) is 3.43. The molecule has 0 unspecified atom stereocenters. The standard InChI is InChI=1S/C11H15NO/c1-2-5-11(6-3-1)9-12-7-4-8-13-10-12/h1-3,5-6H,4,7-10H2. The Morgan fingerprint density at radius 1 is 1.23 bits per heavy atom. The molecule has 2 rings (SSSR count). The van der Waals surface area contributed by atoms with Crippen LogP contribution in [-0.2, 0) is 11.3 Å². The Morgan fingerprint density at radius 3 is 2.77 bits per heavy atom. The highest BCUT2D eigenvalue weighted by atomic mass is 16.5. The molecule has 0 atom stereocenters. The van der Waals surface area contributed by atoms with E-state index in [9.17, 15) is 0 Å². The fraction of sp³-hybridized carbons (Fsp3) is 0.455. The zero-order valence-electron chi connectivity index (χ0n) is 7.78. The lowest BCUT2D eigenvalue weighted by molar-refractivity contribution is -0.0176. The first-order valence-electron chi connectivity index (χ1n) is 4.79. The van der Waals surface area contributed by atoms with Gasteiger partial charge in [-0.1, -0.05) is 30.3 Å². The Labute approximate surface area is 79.1 Å². The molecule has 0 spiro atoms. The number of rotatable bonds is 2. The van der Waals surface area contributed by atoms with Crippen molar-refractivity contribution in [3.05, 3.63) is 35.9 Å². The Hall–Kier alpha value is -0.860. The lowest BCUT2D eigenvalue weighted by Gasteiger charge is -2.26. The summed E-state index contributed by atoms with van der Waals surface area (Å²) in [6.07, 6.45) is 1.16. The second-order valence-electron chi connectivity index (χ2n) is 3.43. The molecular weight excluding hydrogens is 162 g/mol. The van der Waals surface area contributed by atoms with Gasteiger partial charge < -0.3 is 4.74 Å². The average molecular weight is 177 g/mol. The van der Waals surface area contributed by atoms with E-state index >= 15 is 0 Å². The van der Waals surface area contributed by atoms with E-state index in [4.69, 9.17) is 4.74 Å². The molecule has 13 heavy (non-hydrogen) atoms. The summed E-state index contributed by atoms with van der Waals surface area (Å²) < 4.78 is 5.38. The molecule has 1 heterocycles. The molecule has 1 saturated heterocycles. The van der Waals surface area contributed by atoms with Crippen LogP contribution >= 0.6 is 0 Å². The highest BCUT2D eigenvalue weighted by Gasteiger charge is 2.09. The van der Waals surface area contributed by atoms with Crippen LogP contribution in [0.15, 0.2) is 30.3 Å². The third-order valence-electron chi connectivity index (χ3n) is 2.29. The Morgan fingerprint density at radius 2 is 2.08 bits per heavy atom.